The Morgan fingerprint density at radius 2 is 1.96 bits per heavy atom. The average Bonchev–Trinajstić information content (AvgIpc) is 2.91. The Balaban J connectivity index is 2.13. The van der Waals surface area contributed by atoms with Gasteiger partial charge in [0.05, 0.1) is 12.1 Å². The van der Waals surface area contributed by atoms with Gasteiger partial charge in [-0.3, -0.25) is 4.79 Å². The van der Waals surface area contributed by atoms with Gasteiger partial charge in [-0.15, -0.1) is 11.3 Å². The lowest BCUT2D eigenvalue weighted by atomic mass is 10.1. The summed E-state index contributed by atoms with van der Waals surface area (Å²) < 4.78 is 0. The van der Waals surface area contributed by atoms with E-state index in [1.54, 1.807) is 0 Å². The first-order valence-electron chi connectivity index (χ1n) is 7.08. The lowest BCUT2D eigenvalue weighted by Crippen LogP contribution is -1.99. The predicted octanol–water partition coefficient (Wildman–Crippen LogP) is 5.07. The quantitative estimate of drug-likeness (QED) is 0.719. The van der Waals surface area contributed by atoms with Crippen LogP contribution in [0.1, 0.15) is 10.4 Å². The van der Waals surface area contributed by atoms with Crippen molar-refractivity contribution in [1.29, 1.82) is 0 Å². The van der Waals surface area contributed by atoms with Gasteiger partial charge in [-0.05, 0) is 24.6 Å². The van der Waals surface area contributed by atoms with E-state index in [0.29, 0.717) is 5.02 Å². The van der Waals surface area contributed by atoms with Gasteiger partial charge in [0, 0.05) is 21.0 Å². The van der Waals surface area contributed by atoms with Crippen LogP contribution < -0.4 is 0 Å². The number of nitrogens with zero attached hydrogens (tertiary/aromatic N) is 1. The Labute approximate surface area is 143 Å². The number of rotatable bonds is 4. The average molecular weight is 344 g/mol. The number of aliphatic carboxylic acids is 1. The minimum Gasteiger partial charge on any atom is -0.481 e. The molecule has 1 heterocycles. The molecule has 5 heteroatoms. The maximum atomic E-state index is 11.2. The van der Waals surface area contributed by atoms with Crippen molar-refractivity contribution >= 4 is 28.9 Å². The van der Waals surface area contributed by atoms with Crippen LogP contribution in [0, 0.1) is 6.92 Å². The molecule has 0 saturated carbocycles. The second kappa shape index (κ2) is 6.52. The third kappa shape index (κ3) is 3.44. The number of carboxylic acids is 1. The van der Waals surface area contributed by atoms with Crippen LogP contribution in [0.2, 0.25) is 5.02 Å². The Kier molecular flexibility index (Phi) is 4.46. The Morgan fingerprint density at radius 1 is 1.22 bits per heavy atom. The van der Waals surface area contributed by atoms with E-state index in [0.717, 1.165) is 32.3 Å². The molecule has 0 radical (unpaired) electrons. The van der Waals surface area contributed by atoms with E-state index in [2.05, 4.69) is 0 Å². The van der Waals surface area contributed by atoms with Crippen molar-refractivity contribution in [1.82, 2.24) is 4.98 Å². The van der Waals surface area contributed by atoms with E-state index < -0.39 is 5.97 Å². The summed E-state index contributed by atoms with van der Waals surface area (Å²) in [6.07, 6.45) is -0.0332. The van der Waals surface area contributed by atoms with Crippen molar-refractivity contribution < 1.29 is 9.90 Å². The van der Waals surface area contributed by atoms with Crippen LogP contribution in [0.3, 0.4) is 0 Å². The highest BCUT2D eigenvalue weighted by Gasteiger charge is 2.17. The van der Waals surface area contributed by atoms with Crippen LogP contribution in [0.4, 0.5) is 0 Å². The molecule has 1 aromatic heterocycles. The normalized spacial score (nSPS) is 10.7. The molecule has 0 aliphatic carbocycles. The predicted molar refractivity (Wildman–Crippen MR) is 94.1 cm³/mol. The summed E-state index contributed by atoms with van der Waals surface area (Å²) in [5, 5.41) is 10.7. The van der Waals surface area contributed by atoms with Crippen LogP contribution in [0.15, 0.2) is 48.5 Å². The second-order valence-electron chi connectivity index (χ2n) is 5.19. The number of aryl methyl sites for hydroxylation is 1. The summed E-state index contributed by atoms with van der Waals surface area (Å²) >= 11 is 7.43. The van der Waals surface area contributed by atoms with Gasteiger partial charge in [-0.1, -0.05) is 48.0 Å². The lowest BCUT2D eigenvalue weighted by Gasteiger charge is -2.02. The number of carbonyl (C=O) groups is 1. The van der Waals surface area contributed by atoms with E-state index in [1.807, 2.05) is 55.5 Å². The zero-order valence-electron chi connectivity index (χ0n) is 12.4. The van der Waals surface area contributed by atoms with Crippen molar-refractivity contribution in [3.8, 4) is 21.8 Å². The Bertz CT molecular complexity index is 859. The van der Waals surface area contributed by atoms with Crippen LogP contribution in [-0.2, 0) is 11.2 Å². The molecule has 0 spiro atoms. The number of hydrogen-bond donors (Lipinski definition) is 1. The molecule has 0 aliphatic rings. The smallest absolute Gasteiger partial charge is 0.308 e. The van der Waals surface area contributed by atoms with Crippen LogP contribution >= 0.6 is 22.9 Å². The molecule has 0 aliphatic heterocycles. The van der Waals surface area contributed by atoms with E-state index in [1.165, 1.54) is 11.3 Å². The van der Waals surface area contributed by atoms with Crippen LogP contribution in [0.5, 0.6) is 0 Å². The SMILES string of the molecule is Cc1cc(Cl)ccc1-c1nc(-c2ccccc2)c(CC(=O)O)s1. The molecule has 3 aromatic rings. The molecule has 116 valence electrons. The van der Waals surface area contributed by atoms with Gasteiger partial charge >= 0.3 is 5.97 Å². The van der Waals surface area contributed by atoms with Gasteiger partial charge in [0.2, 0.25) is 0 Å². The highest BCUT2D eigenvalue weighted by molar-refractivity contribution is 7.15. The van der Waals surface area contributed by atoms with Crippen molar-refractivity contribution in [3.05, 3.63) is 64.0 Å². The highest BCUT2D eigenvalue weighted by Crippen LogP contribution is 2.36. The molecule has 23 heavy (non-hydrogen) atoms. The third-order valence-electron chi connectivity index (χ3n) is 3.48. The van der Waals surface area contributed by atoms with Crippen molar-refractivity contribution in [2.75, 3.05) is 0 Å². The monoisotopic (exact) mass is 343 g/mol. The largest absolute Gasteiger partial charge is 0.481 e. The molecular weight excluding hydrogens is 330 g/mol. The topological polar surface area (TPSA) is 50.2 Å². The van der Waals surface area contributed by atoms with E-state index in [9.17, 15) is 9.90 Å². The van der Waals surface area contributed by atoms with Gasteiger partial charge < -0.3 is 5.11 Å². The minimum atomic E-state index is -0.856. The van der Waals surface area contributed by atoms with Crippen LogP contribution in [-0.4, -0.2) is 16.1 Å². The maximum absolute atomic E-state index is 11.2. The summed E-state index contributed by atoms with van der Waals surface area (Å²) in [5.41, 5.74) is 3.67. The molecule has 0 amide bonds. The van der Waals surface area contributed by atoms with Crippen molar-refractivity contribution in [3.63, 3.8) is 0 Å². The molecule has 1 N–H and O–H groups in total. The zero-order chi connectivity index (χ0) is 16.4. The molecule has 0 atom stereocenters. The number of hydrogen-bond acceptors (Lipinski definition) is 3. The minimum absolute atomic E-state index is 0.0332. The summed E-state index contributed by atoms with van der Waals surface area (Å²) in [6.45, 7) is 1.97. The second-order valence-corrected chi connectivity index (χ2v) is 6.71. The number of thiazole rings is 1. The molecule has 2 aromatic carbocycles. The van der Waals surface area contributed by atoms with Gasteiger partial charge in [0.1, 0.15) is 5.01 Å². The molecule has 0 bridgehead atoms. The summed E-state index contributed by atoms with van der Waals surface area (Å²) in [7, 11) is 0. The van der Waals surface area contributed by atoms with Gasteiger partial charge in [0.25, 0.3) is 0 Å². The first kappa shape index (κ1) is 15.7. The van der Waals surface area contributed by atoms with E-state index in [-0.39, 0.29) is 6.42 Å². The maximum Gasteiger partial charge on any atom is 0.308 e. The number of aromatic nitrogens is 1. The fourth-order valence-corrected chi connectivity index (χ4v) is 3.80. The standard InChI is InChI=1S/C18H14ClNO2S/c1-11-9-13(19)7-8-14(11)18-20-17(12-5-3-2-4-6-12)15(23-18)10-16(21)22/h2-9H,10H2,1H3,(H,21,22). The van der Waals surface area contributed by atoms with E-state index in [4.69, 9.17) is 16.6 Å². The molecule has 0 fully saturated rings. The molecule has 0 unspecified atom stereocenters. The van der Waals surface area contributed by atoms with Crippen LogP contribution in [0.25, 0.3) is 21.8 Å². The van der Waals surface area contributed by atoms with Crippen molar-refractivity contribution in [2.45, 2.75) is 13.3 Å². The zero-order valence-corrected chi connectivity index (χ0v) is 14.0. The molecule has 0 saturated heterocycles. The Hall–Kier alpha value is -2.17. The summed E-state index contributed by atoms with van der Waals surface area (Å²) in [4.78, 5) is 16.6. The Morgan fingerprint density at radius 3 is 2.61 bits per heavy atom. The fourth-order valence-electron chi connectivity index (χ4n) is 2.41. The first-order chi connectivity index (χ1) is 11.0. The van der Waals surface area contributed by atoms with Gasteiger partial charge in [0.15, 0.2) is 0 Å². The lowest BCUT2D eigenvalue weighted by molar-refractivity contribution is -0.136. The first-order valence-corrected chi connectivity index (χ1v) is 8.27. The molecular formula is C18H14ClNO2S. The number of halogens is 1. The summed E-state index contributed by atoms with van der Waals surface area (Å²) in [6, 6.07) is 15.3. The molecule has 3 nitrogen and oxygen atoms in total. The molecule has 3 rings (SSSR count). The number of benzene rings is 2. The summed E-state index contributed by atoms with van der Waals surface area (Å²) in [5.74, 6) is -0.856. The number of carboxylic acid groups (broad SMARTS) is 1. The van der Waals surface area contributed by atoms with Gasteiger partial charge in [-0.2, -0.15) is 0 Å². The van der Waals surface area contributed by atoms with Gasteiger partial charge in [-0.25, -0.2) is 4.98 Å². The van der Waals surface area contributed by atoms with Crippen molar-refractivity contribution in [2.24, 2.45) is 0 Å². The highest BCUT2D eigenvalue weighted by atomic mass is 35.5. The third-order valence-corrected chi connectivity index (χ3v) is 4.80. The fraction of sp³-hybridized carbons (Fsp3) is 0.111. The van der Waals surface area contributed by atoms with E-state index >= 15 is 0 Å².